The summed E-state index contributed by atoms with van der Waals surface area (Å²) in [6.07, 6.45) is 2.89. The molecule has 0 bridgehead atoms. The summed E-state index contributed by atoms with van der Waals surface area (Å²) < 4.78 is 5.88. The van der Waals surface area contributed by atoms with Gasteiger partial charge in [0.2, 0.25) is 0 Å². The Balaban J connectivity index is 1.76. The van der Waals surface area contributed by atoms with E-state index in [1.54, 1.807) is 0 Å². The Kier molecular flexibility index (Phi) is 5.39. The van der Waals surface area contributed by atoms with E-state index in [1.807, 2.05) is 42.1 Å². The van der Waals surface area contributed by atoms with Gasteiger partial charge in [-0.2, -0.15) is 11.8 Å². The zero-order chi connectivity index (χ0) is 16.1. The van der Waals surface area contributed by atoms with E-state index >= 15 is 0 Å². The van der Waals surface area contributed by atoms with E-state index in [1.165, 1.54) is 11.1 Å². The SMILES string of the molecule is CCCS[C@@H]1Cc2ccccc2C[C@H]1OC(=O)c1ccccc1. The van der Waals surface area contributed by atoms with Gasteiger partial charge in [0, 0.05) is 11.7 Å². The van der Waals surface area contributed by atoms with Gasteiger partial charge in [-0.15, -0.1) is 0 Å². The smallest absolute Gasteiger partial charge is 0.338 e. The molecule has 0 unspecified atom stereocenters. The van der Waals surface area contributed by atoms with Gasteiger partial charge in [-0.25, -0.2) is 4.79 Å². The summed E-state index contributed by atoms with van der Waals surface area (Å²) in [4.78, 5) is 12.4. The van der Waals surface area contributed by atoms with E-state index in [-0.39, 0.29) is 12.1 Å². The molecule has 0 heterocycles. The summed E-state index contributed by atoms with van der Waals surface area (Å²) in [6.45, 7) is 2.19. The molecule has 0 N–H and O–H groups in total. The Morgan fingerprint density at radius 3 is 2.39 bits per heavy atom. The monoisotopic (exact) mass is 326 g/mol. The fraction of sp³-hybridized carbons (Fsp3) is 0.350. The van der Waals surface area contributed by atoms with Gasteiger partial charge in [0.15, 0.2) is 0 Å². The predicted octanol–water partition coefficient (Wildman–Crippen LogP) is 4.52. The summed E-state index contributed by atoms with van der Waals surface area (Å²) in [5, 5.41) is 0.345. The second-order valence-electron chi connectivity index (χ2n) is 5.90. The quantitative estimate of drug-likeness (QED) is 0.756. The maximum atomic E-state index is 12.4. The van der Waals surface area contributed by atoms with Crippen LogP contribution in [-0.2, 0) is 17.6 Å². The molecular formula is C20H22O2S. The number of hydrogen-bond acceptors (Lipinski definition) is 3. The summed E-state index contributed by atoms with van der Waals surface area (Å²) in [5.41, 5.74) is 3.34. The number of carbonyl (C=O) groups is 1. The van der Waals surface area contributed by atoms with Crippen LogP contribution in [0.3, 0.4) is 0 Å². The molecule has 0 fully saturated rings. The average Bonchev–Trinajstić information content (AvgIpc) is 2.60. The lowest BCUT2D eigenvalue weighted by Gasteiger charge is -2.32. The zero-order valence-corrected chi connectivity index (χ0v) is 14.2. The molecular weight excluding hydrogens is 304 g/mol. The predicted molar refractivity (Wildman–Crippen MR) is 96.0 cm³/mol. The summed E-state index contributed by atoms with van der Waals surface area (Å²) in [6, 6.07) is 17.8. The fourth-order valence-corrected chi connectivity index (χ4v) is 4.19. The minimum absolute atomic E-state index is 0.0471. The van der Waals surface area contributed by atoms with E-state index in [4.69, 9.17) is 4.74 Å². The van der Waals surface area contributed by atoms with Crippen LogP contribution in [0.4, 0.5) is 0 Å². The molecule has 2 aromatic carbocycles. The molecule has 0 spiro atoms. The highest BCUT2D eigenvalue weighted by Gasteiger charge is 2.31. The molecule has 2 nitrogen and oxygen atoms in total. The first-order valence-corrected chi connectivity index (χ1v) is 9.27. The summed E-state index contributed by atoms with van der Waals surface area (Å²) >= 11 is 1.93. The number of hydrogen-bond donors (Lipinski definition) is 0. The number of benzene rings is 2. The molecule has 0 saturated carbocycles. The average molecular weight is 326 g/mol. The molecule has 0 saturated heterocycles. The Labute approximate surface area is 142 Å². The highest BCUT2D eigenvalue weighted by atomic mass is 32.2. The van der Waals surface area contributed by atoms with Crippen molar-refractivity contribution in [2.24, 2.45) is 0 Å². The standard InChI is InChI=1S/C20H22O2S/c1-2-12-23-19-14-17-11-7-6-10-16(17)13-18(19)22-20(21)15-8-4-3-5-9-15/h3-11,18-19H,2,12-14H2,1H3/t18-,19-/m1/s1. The van der Waals surface area contributed by atoms with Crippen molar-refractivity contribution in [3.05, 3.63) is 71.3 Å². The van der Waals surface area contributed by atoms with Crippen LogP contribution in [0.15, 0.2) is 54.6 Å². The Hall–Kier alpha value is -1.74. The van der Waals surface area contributed by atoms with Gasteiger partial charge in [-0.1, -0.05) is 49.4 Å². The molecule has 0 aromatic heterocycles. The maximum absolute atomic E-state index is 12.4. The van der Waals surface area contributed by atoms with Gasteiger partial charge >= 0.3 is 5.97 Å². The number of rotatable bonds is 5. The van der Waals surface area contributed by atoms with Crippen molar-refractivity contribution < 1.29 is 9.53 Å². The summed E-state index contributed by atoms with van der Waals surface area (Å²) in [5.74, 6) is 0.892. The van der Waals surface area contributed by atoms with Crippen LogP contribution in [-0.4, -0.2) is 23.1 Å². The van der Waals surface area contributed by atoms with Crippen LogP contribution in [0.5, 0.6) is 0 Å². The number of thioether (sulfide) groups is 1. The van der Waals surface area contributed by atoms with Crippen molar-refractivity contribution in [2.45, 2.75) is 37.5 Å². The molecule has 23 heavy (non-hydrogen) atoms. The van der Waals surface area contributed by atoms with E-state index in [2.05, 4.69) is 31.2 Å². The van der Waals surface area contributed by atoms with Crippen LogP contribution in [0.25, 0.3) is 0 Å². The van der Waals surface area contributed by atoms with Crippen LogP contribution in [0.2, 0.25) is 0 Å². The largest absolute Gasteiger partial charge is 0.457 e. The molecule has 0 amide bonds. The molecule has 120 valence electrons. The molecule has 0 aliphatic heterocycles. The van der Waals surface area contributed by atoms with Gasteiger partial charge in [-0.05, 0) is 41.9 Å². The lowest BCUT2D eigenvalue weighted by molar-refractivity contribution is 0.0285. The molecule has 1 aliphatic carbocycles. The normalized spacial score (nSPS) is 19.9. The first-order valence-electron chi connectivity index (χ1n) is 8.22. The van der Waals surface area contributed by atoms with Gasteiger partial charge in [0.1, 0.15) is 6.10 Å². The van der Waals surface area contributed by atoms with Crippen molar-refractivity contribution in [2.75, 3.05) is 5.75 Å². The van der Waals surface area contributed by atoms with Gasteiger partial charge < -0.3 is 4.74 Å². The van der Waals surface area contributed by atoms with Crippen LogP contribution >= 0.6 is 11.8 Å². The zero-order valence-electron chi connectivity index (χ0n) is 13.4. The number of esters is 1. The lowest BCUT2D eigenvalue weighted by atomic mass is 9.89. The third kappa shape index (κ3) is 3.97. The van der Waals surface area contributed by atoms with Crippen LogP contribution < -0.4 is 0 Å². The Bertz CT molecular complexity index is 654. The van der Waals surface area contributed by atoms with Crippen molar-refractivity contribution in [1.82, 2.24) is 0 Å². The fourth-order valence-electron chi connectivity index (χ4n) is 2.98. The molecule has 2 atom stereocenters. The summed E-state index contributed by atoms with van der Waals surface area (Å²) in [7, 11) is 0. The molecule has 3 rings (SSSR count). The number of ether oxygens (including phenoxy) is 1. The van der Waals surface area contributed by atoms with Crippen molar-refractivity contribution in [3.8, 4) is 0 Å². The van der Waals surface area contributed by atoms with E-state index < -0.39 is 0 Å². The molecule has 0 radical (unpaired) electrons. The van der Waals surface area contributed by atoms with Gasteiger partial charge in [-0.3, -0.25) is 0 Å². The molecule has 3 heteroatoms. The van der Waals surface area contributed by atoms with Crippen molar-refractivity contribution >= 4 is 17.7 Å². The van der Waals surface area contributed by atoms with Gasteiger partial charge in [0.05, 0.1) is 5.56 Å². The maximum Gasteiger partial charge on any atom is 0.338 e. The number of fused-ring (bicyclic) bond motifs is 1. The lowest BCUT2D eigenvalue weighted by Crippen LogP contribution is -2.37. The third-order valence-electron chi connectivity index (χ3n) is 4.18. The topological polar surface area (TPSA) is 26.3 Å². The first-order chi connectivity index (χ1) is 11.3. The minimum Gasteiger partial charge on any atom is -0.457 e. The third-order valence-corrected chi connectivity index (χ3v) is 5.72. The van der Waals surface area contributed by atoms with E-state index in [9.17, 15) is 4.79 Å². The highest BCUT2D eigenvalue weighted by molar-refractivity contribution is 7.99. The Morgan fingerprint density at radius 2 is 1.70 bits per heavy atom. The molecule has 1 aliphatic rings. The van der Waals surface area contributed by atoms with Crippen LogP contribution in [0, 0.1) is 0 Å². The first kappa shape index (κ1) is 16.1. The van der Waals surface area contributed by atoms with Gasteiger partial charge in [0.25, 0.3) is 0 Å². The van der Waals surface area contributed by atoms with Crippen LogP contribution in [0.1, 0.15) is 34.8 Å². The Morgan fingerprint density at radius 1 is 1.04 bits per heavy atom. The second-order valence-corrected chi connectivity index (χ2v) is 7.24. The van der Waals surface area contributed by atoms with Crippen molar-refractivity contribution in [3.63, 3.8) is 0 Å². The molecule has 2 aromatic rings. The number of carbonyl (C=O) groups excluding carboxylic acids is 1. The second kappa shape index (κ2) is 7.69. The van der Waals surface area contributed by atoms with E-state index in [0.29, 0.717) is 10.8 Å². The minimum atomic E-state index is -0.211. The van der Waals surface area contributed by atoms with Crippen molar-refractivity contribution in [1.29, 1.82) is 0 Å². The highest BCUT2D eigenvalue weighted by Crippen LogP contribution is 2.31. The van der Waals surface area contributed by atoms with E-state index in [0.717, 1.165) is 25.0 Å².